The highest BCUT2D eigenvalue weighted by Gasteiger charge is 2.35. The molecular formula is C20H24N2O5. The number of esters is 1. The van der Waals surface area contributed by atoms with E-state index in [2.05, 4.69) is 5.32 Å². The summed E-state index contributed by atoms with van der Waals surface area (Å²) in [4.78, 5) is 49.5. The summed E-state index contributed by atoms with van der Waals surface area (Å²) < 4.78 is 5.32. The molecular weight excluding hydrogens is 348 g/mol. The fourth-order valence-corrected chi connectivity index (χ4v) is 3.81. The molecule has 0 spiro atoms. The number of amides is 3. The zero-order valence-electron chi connectivity index (χ0n) is 15.4. The zero-order chi connectivity index (χ0) is 19.4. The van der Waals surface area contributed by atoms with Crippen LogP contribution in [0.5, 0.6) is 0 Å². The monoisotopic (exact) mass is 372 g/mol. The minimum absolute atomic E-state index is 0.0923. The van der Waals surface area contributed by atoms with E-state index in [1.54, 1.807) is 24.3 Å². The number of carbonyl (C=O) groups excluding carboxylic acids is 4. The van der Waals surface area contributed by atoms with Gasteiger partial charge in [0.15, 0.2) is 0 Å². The lowest BCUT2D eigenvalue weighted by Crippen LogP contribution is -2.45. The Labute approximate surface area is 158 Å². The van der Waals surface area contributed by atoms with Crippen molar-refractivity contribution in [3.05, 3.63) is 35.4 Å². The number of hydrogen-bond donors (Lipinski definition) is 1. The number of nitrogens with zero attached hydrogens (tertiary/aromatic N) is 1. The van der Waals surface area contributed by atoms with Gasteiger partial charge in [0.1, 0.15) is 6.04 Å². The standard InChI is InChI=1S/C20H24N2O5/c1-13(23)21-17(14-7-2-3-8-14)20(26)27-12-6-11-22-18(24)15-9-4-5-10-16(15)19(22)25/h4-5,9-10,14,17H,2-3,6-8,11-12H2,1H3,(H,21,23). The number of carbonyl (C=O) groups is 4. The van der Waals surface area contributed by atoms with Crippen LogP contribution in [0.1, 0.15) is 59.7 Å². The first-order chi connectivity index (χ1) is 13.0. The third kappa shape index (κ3) is 4.18. The minimum Gasteiger partial charge on any atom is -0.464 e. The largest absolute Gasteiger partial charge is 0.464 e. The van der Waals surface area contributed by atoms with Crippen LogP contribution in [-0.2, 0) is 14.3 Å². The van der Waals surface area contributed by atoms with Crippen molar-refractivity contribution in [3.63, 3.8) is 0 Å². The minimum atomic E-state index is -0.621. The van der Waals surface area contributed by atoms with Crippen molar-refractivity contribution in [1.29, 1.82) is 0 Å². The van der Waals surface area contributed by atoms with E-state index in [4.69, 9.17) is 4.74 Å². The van der Waals surface area contributed by atoms with Crippen LogP contribution in [0.4, 0.5) is 0 Å². The predicted molar refractivity (Wildman–Crippen MR) is 96.9 cm³/mol. The maximum absolute atomic E-state index is 12.4. The van der Waals surface area contributed by atoms with Gasteiger partial charge in [0.2, 0.25) is 5.91 Å². The van der Waals surface area contributed by atoms with E-state index >= 15 is 0 Å². The molecule has 1 aromatic carbocycles. The second-order valence-electron chi connectivity index (χ2n) is 7.05. The maximum atomic E-state index is 12.4. The summed E-state index contributed by atoms with van der Waals surface area (Å²) in [6.07, 6.45) is 4.25. The zero-order valence-corrected chi connectivity index (χ0v) is 15.4. The number of benzene rings is 1. The highest BCUT2D eigenvalue weighted by Crippen LogP contribution is 2.28. The molecule has 3 rings (SSSR count). The van der Waals surface area contributed by atoms with E-state index in [0.29, 0.717) is 17.5 Å². The van der Waals surface area contributed by atoms with Crippen LogP contribution in [0.15, 0.2) is 24.3 Å². The van der Waals surface area contributed by atoms with Crippen LogP contribution in [0.25, 0.3) is 0 Å². The third-order valence-corrected chi connectivity index (χ3v) is 5.13. The first-order valence-corrected chi connectivity index (χ1v) is 9.38. The molecule has 1 aromatic rings. The average molecular weight is 372 g/mol. The van der Waals surface area contributed by atoms with Crippen molar-refractivity contribution in [2.24, 2.45) is 5.92 Å². The van der Waals surface area contributed by atoms with E-state index < -0.39 is 12.0 Å². The molecule has 144 valence electrons. The van der Waals surface area contributed by atoms with Gasteiger partial charge in [-0.25, -0.2) is 4.79 Å². The van der Waals surface area contributed by atoms with Gasteiger partial charge in [-0.15, -0.1) is 0 Å². The Morgan fingerprint density at radius 3 is 2.30 bits per heavy atom. The Balaban J connectivity index is 1.49. The summed E-state index contributed by atoms with van der Waals surface area (Å²) >= 11 is 0. The number of rotatable bonds is 7. The molecule has 0 aromatic heterocycles. The Bertz CT molecular complexity index is 719. The van der Waals surface area contributed by atoms with Crippen LogP contribution >= 0.6 is 0 Å². The van der Waals surface area contributed by atoms with E-state index in [1.165, 1.54) is 11.8 Å². The van der Waals surface area contributed by atoms with Gasteiger partial charge in [-0.2, -0.15) is 0 Å². The van der Waals surface area contributed by atoms with Crippen LogP contribution in [0.2, 0.25) is 0 Å². The molecule has 1 heterocycles. The van der Waals surface area contributed by atoms with Gasteiger partial charge in [0.05, 0.1) is 17.7 Å². The number of ether oxygens (including phenoxy) is 1. The molecule has 1 N–H and O–H groups in total. The van der Waals surface area contributed by atoms with Crippen LogP contribution < -0.4 is 5.32 Å². The fourth-order valence-electron chi connectivity index (χ4n) is 3.81. The molecule has 1 unspecified atom stereocenters. The van der Waals surface area contributed by atoms with Crippen molar-refractivity contribution in [3.8, 4) is 0 Å². The molecule has 3 amide bonds. The molecule has 1 fully saturated rings. The lowest BCUT2D eigenvalue weighted by Gasteiger charge is -2.22. The molecule has 1 saturated carbocycles. The molecule has 0 bridgehead atoms. The normalized spacial score (nSPS) is 17.7. The Morgan fingerprint density at radius 1 is 1.15 bits per heavy atom. The predicted octanol–water partition coefficient (Wildman–Crippen LogP) is 1.91. The second-order valence-corrected chi connectivity index (χ2v) is 7.05. The van der Waals surface area contributed by atoms with Crippen LogP contribution in [-0.4, -0.2) is 47.8 Å². The SMILES string of the molecule is CC(=O)NC(C(=O)OCCCN1C(=O)c2ccccc2C1=O)C1CCCC1. The van der Waals surface area contributed by atoms with Crippen molar-refractivity contribution in [2.75, 3.05) is 13.2 Å². The molecule has 1 aliphatic heterocycles. The Kier molecular flexibility index (Phi) is 5.88. The van der Waals surface area contributed by atoms with Gasteiger partial charge >= 0.3 is 5.97 Å². The van der Waals surface area contributed by atoms with Crippen molar-refractivity contribution in [2.45, 2.75) is 45.1 Å². The quantitative estimate of drug-likeness (QED) is 0.448. The topological polar surface area (TPSA) is 92.8 Å². The number of fused-ring (bicyclic) bond motifs is 1. The summed E-state index contributed by atoms with van der Waals surface area (Å²) in [5.74, 6) is -1.22. The summed E-state index contributed by atoms with van der Waals surface area (Å²) in [7, 11) is 0. The summed E-state index contributed by atoms with van der Waals surface area (Å²) in [6, 6.07) is 6.09. The van der Waals surface area contributed by atoms with E-state index in [-0.39, 0.29) is 36.8 Å². The van der Waals surface area contributed by atoms with Gasteiger partial charge in [-0.05, 0) is 37.3 Å². The van der Waals surface area contributed by atoms with E-state index in [1.807, 2.05) is 0 Å². The highest BCUT2D eigenvalue weighted by atomic mass is 16.5. The van der Waals surface area contributed by atoms with Crippen molar-refractivity contribution >= 4 is 23.7 Å². The number of nitrogens with one attached hydrogen (secondary N) is 1. The smallest absolute Gasteiger partial charge is 0.328 e. The molecule has 1 aliphatic carbocycles. The Hall–Kier alpha value is -2.70. The number of imide groups is 1. The van der Waals surface area contributed by atoms with E-state index in [0.717, 1.165) is 25.7 Å². The summed E-state index contributed by atoms with van der Waals surface area (Å²) in [6.45, 7) is 1.67. The molecule has 7 nitrogen and oxygen atoms in total. The molecule has 0 saturated heterocycles. The third-order valence-electron chi connectivity index (χ3n) is 5.13. The number of hydrogen-bond acceptors (Lipinski definition) is 5. The summed E-state index contributed by atoms with van der Waals surface area (Å²) in [5.41, 5.74) is 0.818. The van der Waals surface area contributed by atoms with E-state index in [9.17, 15) is 19.2 Å². The van der Waals surface area contributed by atoms with Gasteiger partial charge in [0, 0.05) is 13.5 Å². The van der Waals surface area contributed by atoms with Crippen LogP contribution in [0, 0.1) is 5.92 Å². The second kappa shape index (κ2) is 8.33. The fraction of sp³-hybridized carbons (Fsp3) is 0.500. The lowest BCUT2D eigenvalue weighted by molar-refractivity contribution is -0.149. The first-order valence-electron chi connectivity index (χ1n) is 9.38. The van der Waals surface area contributed by atoms with Gasteiger partial charge in [-0.3, -0.25) is 19.3 Å². The van der Waals surface area contributed by atoms with Crippen molar-refractivity contribution < 1.29 is 23.9 Å². The Morgan fingerprint density at radius 2 is 1.74 bits per heavy atom. The van der Waals surface area contributed by atoms with Gasteiger partial charge in [-0.1, -0.05) is 25.0 Å². The molecule has 27 heavy (non-hydrogen) atoms. The van der Waals surface area contributed by atoms with Crippen molar-refractivity contribution in [1.82, 2.24) is 10.2 Å². The maximum Gasteiger partial charge on any atom is 0.328 e. The molecule has 1 atom stereocenters. The molecule has 2 aliphatic rings. The summed E-state index contributed by atoms with van der Waals surface area (Å²) in [5, 5.41) is 2.70. The molecule has 7 heteroatoms. The van der Waals surface area contributed by atoms with Gasteiger partial charge in [0.25, 0.3) is 11.8 Å². The average Bonchev–Trinajstić information content (AvgIpc) is 3.26. The van der Waals surface area contributed by atoms with Gasteiger partial charge < -0.3 is 10.1 Å². The van der Waals surface area contributed by atoms with Crippen LogP contribution in [0.3, 0.4) is 0 Å². The highest BCUT2D eigenvalue weighted by molar-refractivity contribution is 6.21. The lowest BCUT2D eigenvalue weighted by atomic mass is 9.98. The molecule has 0 radical (unpaired) electrons. The first kappa shape index (κ1) is 19.1.